The minimum absolute atomic E-state index is 0.419. The molecule has 3 nitrogen and oxygen atoms in total. The first kappa shape index (κ1) is 14.4. The van der Waals surface area contributed by atoms with Gasteiger partial charge in [0.15, 0.2) is 0 Å². The van der Waals surface area contributed by atoms with E-state index >= 15 is 0 Å². The Hall–Kier alpha value is -1.06. The highest BCUT2D eigenvalue weighted by Gasteiger charge is 2.26. The molecule has 1 saturated carbocycles. The molecule has 2 atom stereocenters. The Bertz CT molecular complexity index is 355. The lowest BCUT2D eigenvalue weighted by Gasteiger charge is -2.38. The molecule has 1 aromatic carbocycles. The number of benzene rings is 1. The van der Waals surface area contributed by atoms with E-state index in [1.807, 2.05) is 7.11 Å². The number of methoxy groups -OCH3 is 1. The Labute approximate surface area is 116 Å². The standard InChI is InChI=1S/C16H26N2O/c1-19-16-10-5-9-15(13-16)18(12-6-11-17)14-7-3-2-4-8-14/h2-4,7-8,15-16H,5-6,9-13,17H2,1H3. The third-order valence-electron chi connectivity index (χ3n) is 4.06. The van der Waals surface area contributed by atoms with Gasteiger partial charge >= 0.3 is 0 Å². The maximum absolute atomic E-state index is 5.69. The van der Waals surface area contributed by atoms with E-state index in [9.17, 15) is 0 Å². The van der Waals surface area contributed by atoms with Gasteiger partial charge < -0.3 is 15.4 Å². The SMILES string of the molecule is COC1CCCC(N(CCCN)c2ccccc2)C1. The van der Waals surface area contributed by atoms with Gasteiger partial charge in [-0.25, -0.2) is 0 Å². The summed E-state index contributed by atoms with van der Waals surface area (Å²) in [5.74, 6) is 0. The fraction of sp³-hybridized carbons (Fsp3) is 0.625. The Morgan fingerprint density at radius 2 is 2.05 bits per heavy atom. The lowest BCUT2D eigenvalue weighted by Crippen LogP contribution is -2.41. The summed E-state index contributed by atoms with van der Waals surface area (Å²) in [6.07, 6.45) is 6.32. The maximum atomic E-state index is 5.69. The number of ether oxygens (including phenoxy) is 1. The molecule has 2 rings (SSSR count). The molecule has 2 N–H and O–H groups in total. The highest BCUT2D eigenvalue weighted by atomic mass is 16.5. The molecule has 0 aliphatic heterocycles. The number of para-hydroxylation sites is 1. The van der Waals surface area contributed by atoms with Crippen molar-refractivity contribution in [3.63, 3.8) is 0 Å². The summed E-state index contributed by atoms with van der Waals surface area (Å²) in [6.45, 7) is 1.80. The summed E-state index contributed by atoms with van der Waals surface area (Å²) in [5.41, 5.74) is 7.00. The van der Waals surface area contributed by atoms with Crippen molar-refractivity contribution in [2.45, 2.75) is 44.2 Å². The molecule has 1 aliphatic rings. The minimum Gasteiger partial charge on any atom is -0.381 e. The van der Waals surface area contributed by atoms with Crippen LogP contribution in [-0.2, 0) is 4.74 Å². The predicted octanol–water partition coefficient (Wildman–Crippen LogP) is 2.80. The summed E-state index contributed by atoms with van der Waals surface area (Å²) in [5, 5.41) is 0. The summed E-state index contributed by atoms with van der Waals surface area (Å²) in [7, 11) is 1.83. The van der Waals surface area contributed by atoms with Gasteiger partial charge in [-0.3, -0.25) is 0 Å². The second-order valence-corrected chi connectivity index (χ2v) is 5.35. The fourth-order valence-corrected chi connectivity index (χ4v) is 3.02. The molecule has 0 radical (unpaired) electrons. The summed E-state index contributed by atoms with van der Waals surface area (Å²) < 4.78 is 5.56. The van der Waals surface area contributed by atoms with E-state index in [4.69, 9.17) is 10.5 Å². The van der Waals surface area contributed by atoms with Crippen LogP contribution in [0.25, 0.3) is 0 Å². The average molecular weight is 262 g/mol. The van der Waals surface area contributed by atoms with E-state index in [2.05, 4.69) is 35.2 Å². The first-order chi connectivity index (χ1) is 9.35. The van der Waals surface area contributed by atoms with Crippen molar-refractivity contribution in [3.8, 4) is 0 Å². The van der Waals surface area contributed by atoms with Crippen LogP contribution in [0.4, 0.5) is 5.69 Å². The van der Waals surface area contributed by atoms with Gasteiger partial charge in [0, 0.05) is 25.4 Å². The normalized spacial score (nSPS) is 23.3. The Morgan fingerprint density at radius 1 is 1.26 bits per heavy atom. The number of nitrogens with two attached hydrogens (primary N) is 1. The van der Waals surface area contributed by atoms with E-state index in [-0.39, 0.29) is 0 Å². The average Bonchev–Trinajstić information content (AvgIpc) is 2.49. The molecule has 0 heterocycles. The lowest BCUT2D eigenvalue weighted by atomic mass is 9.91. The predicted molar refractivity (Wildman–Crippen MR) is 80.5 cm³/mol. The molecular weight excluding hydrogens is 236 g/mol. The van der Waals surface area contributed by atoms with Gasteiger partial charge in [0.2, 0.25) is 0 Å². The van der Waals surface area contributed by atoms with E-state index in [0.29, 0.717) is 12.1 Å². The molecular formula is C16H26N2O. The van der Waals surface area contributed by atoms with Gasteiger partial charge in [-0.2, -0.15) is 0 Å². The summed E-state index contributed by atoms with van der Waals surface area (Å²) >= 11 is 0. The first-order valence-electron chi connectivity index (χ1n) is 7.39. The number of hydrogen-bond acceptors (Lipinski definition) is 3. The molecule has 0 spiro atoms. The smallest absolute Gasteiger partial charge is 0.0591 e. The van der Waals surface area contributed by atoms with Crippen molar-refractivity contribution < 1.29 is 4.74 Å². The Morgan fingerprint density at radius 3 is 2.74 bits per heavy atom. The monoisotopic (exact) mass is 262 g/mol. The van der Waals surface area contributed by atoms with E-state index in [1.54, 1.807) is 0 Å². The van der Waals surface area contributed by atoms with Crippen LogP contribution >= 0.6 is 0 Å². The Balaban J connectivity index is 2.08. The number of anilines is 1. The van der Waals surface area contributed by atoms with Gasteiger partial charge in [-0.1, -0.05) is 18.2 Å². The number of nitrogens with zero attached hydrogens (tertiary/aromatic N) is 1. The Kier molecular flexibility index (Phi) is 5.67. The third-order valence-corrected chi connectivity index (χ3v) is 4.06. The molecule has 0 saturated heterocycles. The molecule has 2 unspecified atom stereocenters. The van der Waals surface area contributed by atoms with Crippen molar-refractivity contribution in [1.29, 1.82) is 0 Å². The van der Waals surface area contributed by atoms with Gasteiger partial charge in [0.25, 0.3) is 0 Å². The molecule has 0 amide bonds. The number of hydrogen-bond donors (Lipinski definition) is 1. The zero-order chi connectivity index (χ0) is 13.5. The number of rotatable bonds is 6. The van der Waals surface area contributed by atoms with Crippen molar-refractivity contribution in [3.05, 3.63) is 30.3 Å². The second-order valence-electron chi connectivity index (χ2n) is 5.35. The van der Waals surface area contributed by atoms with E-state index in [0.717, 1.165) is 25.9 Å². The topological polar surface area (TPSA) is 38.5 Å². The summed E-state index contributed by atoms with van der Waals surface area (Å²) in [6, 6.07) is 11.3. The van der Waals surface area contributed by atoms with Crippen LogP contribution in [-0.4, -0.2) is 32.3 Å². The zero-order valence-electron chi connectivity index (χ0n) is 11.9. The second kappa shape index (κ2) is 7.51. The van der Waals surface area contributed by atoms with E-state index < -0.39 is 0 Å². The van der Waals surface area contributed by atoms with Gasteiger partial charge in [0.1, 0.15) is 0 Å². The van der Waals surface area contributed by atoms with Crippen LogP contribution in [0.3, 0.4) is 0 Å². The lowest BCUT2D eigenvalue weighted by molar-refractivity contribution is 0.0630. The molecule has 1 aromatic rings. The molecule has 106 valence electrons. The molecule has 1 aliphatic carbocycles. The van der Waals surface area contributed by atoms with Crippen LogP contribution in [0.15, 0.2) is 30.3 Å². The van der Waals surface area contributed by atoms with Gasteiger partial charge in [-0.05, 0) is 50.8 Å². The highest BCUT2D eigenvalue weighted by Crippen LogP contribution is 2.28. The van der Waals surface area contributed by atoms with Crippen LogP contribution in [0.2, 0.25) is 0 Å². The fourth-order valence-electron chi connectivity index (χ4n) is 3.02. The van der Waals surface area contributed by atoms with Crippen molar-refractivity contribution in [2.24, 2.45) is 5.73 Å². The molecule has 1 fully saturated rings. The minimum atomic E-state index is 0.419. The van der Waals surface area contributed by atoms with Crippen LogP contribution in [0.1, 0.15) is 32.1 Å². The van der Waals surface area contributed by atoms with Crippen LogP contribution in [0, 0.1) is 0 Å². The quantitative estimate of drug-likeness (QED) is 0.856. The highest BCUT2D eigenvalue weighted by molar-refractivity contribution is 5.47. The summed E-state index contributed by atoms with van der Waals surface area (Å²) in [4.78, 5) is 2.53. The molecule has 19 heavy (non-hydrogen) atoms. The molecule has 0 bridgehead atoms. The first-order valence-corrected chi connectivity index (χ1v) is 7.39. The molecule has 0 aromatic heterocycles. The maximum Gasteiger partial charge on any atom is 0.0591 e. The van der Waals surface area contributed by atoms with Gasteiger partial charge in [0.05, 0.1) is 6.10 Å². The molecule has 3 heteroatoms. The largest absolute Gasteiger partial charge is 0.381 e. The van der Waals surface area contributed by atoms with Crippen LogP contribution < -0.4 is 10.6 Å². The van der Waals surface area contributed by atoms with Gasteiger partial charge in [-0.15, -0.1) is 0 Å². The third kappa shape index (κ3) is 3.95. The van der Waals surface area contributed by atoms with Crippen molar-refractivity contribution in [1.82, 2.24) is 0 Å². The van der Waals surface area contributed by atoms with Crippen molar-refractivity contribution >= 4 is 5.69 Å². The van der Waals surface area contributed by atoms with Crippen LogP contribution in [0.5, 0.6) is 0 Å². The van der Waals surface area contributed by atoms with Crippen molar-refractivity contribution in [2.75, 3.05) is 25.1 Å². The zero-order valence-corrected chi connectivity index (χ0v) is 11.9. The van der Waals surface area contributed by atoms with E-state index in [1.165, 1.54) is 24.9 Å².